The standard InChI is InChI=1S/C12H11F2NO4/c1-19-5-2-7(13)9(8(14)3-5)6-4-15-11(16)10(6)12(17)18/h2-3,6,10H,4H2,1H3,(H,15,16)(H,17,18). The summed E-state index contributed by atoms with van der Waals surface area (Å²) >= 11 is 0. The van der Waals surface area contributed by atoms with Crippen LogP contribution >= 0.6 is 0 Å². The van der Waals surface area contributed by atoms with Gasteiger partial charge in [-0.25, -0.2) is 8.78 Å². The minimum Gasteiger partial charge on any atom is -0.497 e. The molecule has 1 aliphatic rings. The molecule has 1 aliphatic heterocycles. The summed E-state index contributed by atoms with van der Waals surface area (Å²) in [7, 11) is 1.26. The van der Waals surface area contributed by atoms with Gasteiger partial charge >= 0.3 is 5.97 Å². The lowest BCUT2D eigenvalue weighted by atomic mass is 9.88. The predicted octanol–water partition coefficient (Wildman–Crippen LogP) is 0.888. The first-order chi connectivity index (χ1) is 8.95. The van der Waals surface area contributed by atoms with E-state index in [1.807, 2.05) is 0 Å². The highest BCUT2D eigenvalue weighted by atomic mass is 19.1. The number of carboxylic acids is 1. The number of halogens is 2. The van der Waals surface area contributed by atoms with Gasteiger partial charge in [0.1, 0.15) is 23.3 Å². The van der Waals surface area contributed by atoms with Crippen LogP contribution in [0.1, 0.15) is 11.5 Å². The van der Waals surface area contributed by atoms with E-state index in [2.05, 4.69) is 5.32 Å². The van der Waals surface area contributed by atoms with E-state index in [0.717, 1.165) is 12.1 Å². The molecule has 7 heteroatoms. The summed E-state index contributed by atoms with van der Waals surface area (Å²) in [6.07, 6.45) is 0. The number of hydrogen-bond donors (Lipinski definition) is 2. The second-order valence-electron chi connectivity index (χ2n) is 4.17. The molecule has 1 heterocycles. The second-order valence-corrected chi connectivity index (χ2v) is 4.17. The van der Waals surface area contributed by atoms with Crippen molar-refractivity contribution in [1.82, 2.24) is 5.32 Å². The summed E-state index contributed by atoms with van der Waals surface area (Å²) in [6, 6.07) is 1.92. The number of rotatable bonds is 3. The van der Waals surface area contributed by atoms with E-state index in [4.69, 9.17) is 9.84 Å². The zero-order chi connectivity index (χ0) is 14.2. The first-order valence-corrected chi connectivity index (χ1v) is 5.49. The topological polar surface area (TPSA) is 75.6 Å². The molecule has 5 nitrogen and oxygen atoms in total. The minimum absolute atomic E-state index is 0.0112. The van der Waals surface area contributed by atoms with Crippen LogP contribution in [0.3, 0.4) is 0 Å². The van der Waals surface area contributed by atoms with Gasteiger partial charge in [0.15, 0.2) is 0 Å². The molecule has 19 heavy (non-hydrogen) atoms. The van der Waals surface area contributed by atoms with Crippen LogP contribution in [0, 0.1) is 17.6 Å². The van der Waals surface area contributed by atoms with E-state index in [1.54, 1.807) is 0 Å². The van der Waals surface area contributed by atoms with Crippen molar-refractivity contribution in [2.45, 2.75) is 5.92 Å². The number of hydrogen-bond acceptors (Lipinski definition) is 3. The first kappa shape index (κ1) is 13.3. The molecule has 2 unspecified atom stereocenters. The normalized spacial score (nSPS) is 22.2. The number of carbonyl (C=O) groups excluding carboxylic acids is 1. The van der Waals surface area contributed by atoms with Crippen molar-refractivity contribution < 1.29 is 28.2 Å². The number of amides is 1. The fourth-order valence-electron chi connectivity index (χ4n) is 2.21. The van der Waals surface area contributed by atoms with Gasteiger partial charge in [-0.2, -0.15) is 0 Å². The Morgan fingerprint density at radius 3 is 2.47 bits per heavy atom. The zero-order valence-corrected chi connectivity index (χ0v) is 9.94. The number of methoxy groups -OCH3 is 1. The lowest BCUT2D eigenvalue weighted by Crippen LogP contribution is -2.27. The Labute approximate surface area is 107 Å². The number of carbonyl (C=O) groups is 2. The zero-order valence-electron chi connectivity index (χ0n) is 9.94. The molecule has 0 saturated carbocycles. The second kappa shape index (κ2) is 4.83. The number of ether oxygens (including phenoxy) is 1. The molecule has 0 aliphatic carbocycles. The van der Waals surface area contributed by atoms with Crippen LogP contribution < -0.4 is 10.1 Å². The number of aliphatic carboxylic acids is 1. The molecule has 2 N–H and O–H groups in total. The number of benzene rings is 1. The van der Waals surface area contributed by atoms with Gasteiger partial charge in [-0.1, -0.05) is 0 Å². The van der Waals surface area contributed by atoms with Gasteiger partial charge in [-0.05, 0) is 0 Å². The summed E-state index contributed by atoms with van der Waals surface area (Å²) in [5, 5.41) is 11.3. The maximum Gasteiger partial charge on any atom is 0.316 e. The van der Waals surface area contributed by atoms with Crippen LogP contribution in [0.4, 0.5) is 8.78 Å². The highest BCUT2D eigenvalue weighted by Crippen LogP contribution is 2.34. The van der Waals surface area contributed by atoms with Gasteiger partial charge in [0.2, 0.25) is 5.91 Å². The Morgan fingerprint density at radius 2 is 2.00 bits per heavy atom. The first-order valence-electron chi connectivity index (χ1n) is 5.49. The smallest absolute Gasteiger partial charge is 0.316 e. The molecule has 1 saturated heterocycles. The van der Waals surface area contributed by atoms with E-state index in [0.29, 0.717) is 0 Å². The van der Waals surface area contributed by atoms with Crippen molar-refractivity contribution in [2.75, 3.05) is 13.7 Å². The lowest BCUT2D eigenvalue weighted by molar-refractivity contribution is -0.145. The summed E-state index contributed by atoms with van der Waals surface area (Å²) in [4.78, 5) is 22.4. The minimum atomic E-state index is -1.49. The Morgan fingerprint density at radius 1 is 1.42 bits per heavy atom. The largest absolute Gasteiger partial charge is 0.497 e. The van der Waals surface area contributed by atoms with Crippen molar-refractivity contribution in [1.29, 1.82) is 0 Å². The van der Waals surface area contributed by atoms with Gasteiger partial charge in [0.05, 0.1) is 7.11 Å². The monoisotopic (exact) mass is 271 g/mol. The predicted molar refractivity (Wildman–Crippen MR) is 59.8 cm³/mol. The molecular weight excluding hydrogens is 260 g/mol. The summed E-state index contributed by atoms with van der Waals surface area (Å²) in [6.45, 7) is -0.115. The molecule has 1 fully saturated rings. The highest BCUT2D eigenvalue weighted by molar-refractivity contribution is 5.99. The van der Waals surface area contributed by atoms with E-state index < -0.39 is 40.9 Å². The lowest BCUT2D eigenvalue weighted by Gasteiger charge is -2.16. The van der Waals surface area contributed by atoms with Gasteiger partial charge in [-0.15, -0.1) is 0 Å². The van der Waals surface area contributed by atoms with Crippen LogP contribution in [0.15, 0.2) is 12.1 Å². The van der Waals surface area contributed by atoms with Crippen molar-refractivity contribution in [2.24, 2.45) is 5.92 Å². The molecule has 0 aromatic heterocycles. The van der Waals surface area contributed by atoms with Crippen LogP contribution in [0.25, 0.3) is 0 Å². The maximum absolute atomic E-state index is 13.9. The Hall–Kier alpha value is -2.18. The average molecular weight is 271 g/mol. The summed E-state index contributed by atoms with van der Waals surface area (Å²) in [5.74, 6) is -6.58. The molecule has 2 atom stereocenters. The molecule has 2 rings (SSSR count). The van der Waals surface area contributed by atoms with Crippen LogP contribution in [-0.2, 0) is 9.59 Å². The van der Waals surface area contributed by atoms with Crippen molar-refractivity contribution in [3.8, 4) is 5.75 Å². The summed E-state index contributed by atoms with van der Waals surface area (Å²) < 4.78 is 32.4. The number of nitrogens with one attached hydrogen (secondary N) is 1. The van der Waals surface area contributed by atoms with E-state index in [-0.39, 0.29) is 12.3 Å². The third kappa shape index (κ3) is 2.23. The molecular formula is C12H11F2NO4. The molecule has 0 spiro atoms. The van der Waals surface area contributed by atoms with Crippen molar-refractivity contribution >= 4 is 11.9 Å². The highest BCUT2D eigenvalue weighted by Gasteiger charge is 2.43. The third-order valence-corrected chi connectivity index (χ3v) is 3.11. The Bertz CT molecular complexity index is 524. The third-order valence-electron chi connectivity index (χ3n) is 3.11. The average Bonchev–Trinajstić information content (AvgIpc) is 2.70. The SMILES string of the molecule is COc1cc(F)c(C2CNC(=O)C2C(=O)O)c(F)c1. The molecule has 1 aromatic rings. The molecule has 1 aromatic carbocycles. The van der Waals surface area contributed by atoms with Gasteiger partial charge in [0, 0.05) is 30.2 Å². The Balaban J connectivity index is 2.47. The van der Waals surface area contributed by atoms with Crippen molar-refractivity contribution in [3.63, 3.8) is 0 Å². The molecule has 0 radical (unpaired) electrons. The number of carboxylic acid groups (broad SMARTS) is 1. The molecule has 102 valence electrons. The van der Waals surface area contributed by atoms with E-state index >= 15 is 0 Å². The van der Waals surface area contributed by atoms with Gasteiger partial charge < -0.3 is 15.2 Å². The Kier molecular flexibility index (Phi) is 3.37. The van der Waals surface area contributed by atoms with Crippen LogP contribution in [0.2, 0.25) is 0 Å². The van der Waals surface area contributed by atoms with E-state index in [1.165, 1.54) is 7.11 Å². The van der Waals surface area contributed by atoms with Crippen molar-refractivity contribution in [3.05, 3.63) is 29.3 Å². The molecule has 0 bridgehead atoms. The fraction of sp³-hybridized carbons (Fsp3) is 0.333. The molecule has 1 amide bonds. The fourth-order valence-corrected chi connectivity index (χ4v) is 2.21. The maximum atomic E-state index is 13.9. The van der Waals surface area contributed by atoms with Gasteiger partial charge in [-0.3, -0.25) is 9.59 Å². The van der Waals surface area contributed by atoms with E-state index in [9.17, 15) is 18.4 Å². The summed E-state index contributed by atoms with van der Waals surface area (Å²) in [5.41, 5.74) is -0.411. The quantitative estimate of drug-likeness (QED) is 0.800. The van der Waals surface area contributed by atoms with Gasteiger partial charge in [0.25, 0.3) is 0 Å². The van der Waals surface area contributed by atoms with Crippen LogP contribution in [0.5, 0.6) is 5.75 Å². The van der Waals surface area contributed by atoms with Crippen LogP contribution in [-0.4, -0.2) is 30.6 Å².